The van der Waals surface area contributed by atoms with Crippen molar-refractivity contribution in [2.24, 2.45) is 5.41 Å². The average molecular weight is 569 g/mol. The Morgan fingerprint density at radius 3 is 2.35 bits per heavy atom. The van der Waals surface area contributed by atoms with Crippen molar-refractivity contribution in [2.75, 3.05) is 19.0 Å². The molecule has 0 saturated carbocycles. The lowest BCUT2D eigenvalue weighted by atomic mass is 9.67. The fourth-order valence-electron chi connectivity index (χ4n) is 5.50. The summed E-state index contributed by atoms with van der Waals surface area (Å²) in [5, 5.41) is 10.2. The van der Waals surface area contributed by atoms with Crippen LogP contribution in [0.1, 0.15) is 56.2 Å². The Bertz CT molecular complexity index is 1260. The van der Waals surface area contributed by atoms with Gasteiger partial charge in [0, 0.05) is 22.0 Å². The van der Waals surface area contributed by atoms with E-state index in [2.05, 4.69) is 0 Å². The van der Waals surface area contributed by atoms with E-state index in [1.54, 1.807) is 30.0 Å². The van der Waals surface area contributed by atoms with Gasteiger partial charge < -0.3 is 14.7 Å². The van der Waals surface area contributed by atoms with Crippen molar-refractivity contribution in [3.05, 3.63) is 69.7 Å². The van der Waals surface area contributed by atoms with Gasteiger partial charge in [-0.2, -0.15) is 0 Å². The Morgan fingerprint density at radius 1 is 1.14 bits per heavy atom. The molecule has 2 aliphatic rings. The van der Waals surface area contributed by atoms with Gasteiger partial charge in [0.15, 0.2) is 9.84 Å². The molecule has 10 heteroatoms. The van der Waals surface area contributed by atoms with Crippen LogP contribution in [0, 0.1) is 5.41 Å². The number of ether oxygens (including phenoxy) is 1. The highest BCUT2D eigenvalue weighted by molar-refractivity contribution is 7.92. The number of hydrogen-bond acceptors (Lipinski definition) is 5. The minimum atomic E-state index is -3.55. The van der Waals surface area contributed by atoms with Gasteiger partial charge in [0.2, 0.25) is 5.91 Å². The molecule has 2 heterocycles. The molecule has 2 saturated heterocycles. The zero-order valence-electron chi connectivity index (χ0n) is 20.8. The lowest BCUT2D eigenvalue weighted by Crippen LogP contribution is -2.58. The number of aliphatic carboxylic acids is 1. The number of sulfone groups is 1. The second-order valence-electron chi connectivity index (χ2n) is 10.3. The number of carboxylic acids is 1. The Balaban J connectivity index is 1.88. The fourth-order valence-corrected chi connectivity index (χ4v) is 7.64. The molecule has 37 heavy (non-hydrogen) atoms. The minimum Gasteiger partial charge on any atom is -0.481 e. The van der Waals surface area contributed by atoms with Gasteiger partial charge in [-0.05, 0) is 48.2 Å². The summed E-state index contributed by atoms with van der Waals surface area (Å²) in [7, 11) is -3.55. The SMILES string of the molecule is CC[C@@H](CS(=O)(=O)C1COC1)N1C(=O)[C@](C)(CC(=O)O)C[C@H](c2cccc(Cl)c2)[C@H]1c1ccc(Cl)cc1. The summed E-state index contributed by atoms with van der Waals surface area (Å²) in [5.74, 6) is -2.00. The van der Waals surface area contributed by atoms with E-state index in [0.717, 1.165) is 11.1 Å². The van der Waals surface area contributed by atoms with Crippen molar-refractivity contribution in [3.8, 4) is 0 Å². The molecule has 1 N–H and O–H groups in total. The molecule has 2 aliphatic heterocycles. The standard InChI is InChI=1S/C27H31Cl2NO6S/c1-3-21(16-37(34,35)22-14-36-15-22)30-25(17-7-9-19(28)10-8-17)23(18-5-4-6-20(29)11-18)12-27(2,26(30)33)13-24(31)32/h4-11,21-23,25H,3,12-16H2,1-2H3,(H,31,32)/t21-,23+,25+,27-/m0/s1. The molecule has 0 aromatic heterocycles. The molecule has 200 valence electrons. The summed E-state index contributed by atoms with van der Waals surface area (Å²) < 4.78 is 31.5. The van der Waals surface area contributed by atoms with Crippen LogP contribution >= 0.6 is 23.2 Å². The van der Waals surface area contributed by atoms with Gasteiger partial charge in [-0.15, -0.1) is 0 Å². The van der Waals surface area contributed by atoms with Crippen LogP contribution in [-0.4, -0.2) is 60.6 Å². The molecule has 0 bridgehead atoms. The van der Waals surface area contributed by atoms with E-state index in [1.807, 2.05) is 37.3 Å². The molecule has 7 nitrogen and oxygen atoms in total. The number of piperidine rings is 1. The molecule has 2 aromatic carbocycles. The number of carboxylic acid groups (broad SMARTS) is 1. The highest BCUT2D eigenvalue weighted by Crippen LogP contribution is 2.52. The van der Waals surface area contributed by atoms with E-state index in [0.29, 0.717) is 16.5 Å². The number of rotatable bonds is 9. The Labute approximate surface area is 227 Å². The molecule has 2 fully saturated rings. The third kappa shape index (κ3) is 5.82. The van der Waals surface area contributed by atoms with Gasteiger partial charge in [0.1, 0.15) is 5.25 Å². The average Bonchev–Trinajstić information content (AvgIpc) is 2.78. The van der Waals surface area contributed by atoms with Crippen LogP contribution in [-0.2, 0) is 24.2 Å². The van der Waals surface area contributed by atoms with Crippen molar-refractivity contribution < 1.29 is 27.9 Å². The summed E-state index contributed by atoms with van der Waals surface area (Å²) in [6.07, 6.45) is 0.280. The second-order valence-corrected chi connectivity index (χ2v) is 13.5. The summed E-state index contributed by atoms with van der Waals surface area (Å²) >= 11 is 12.5. The van der Waals surface area contributed by atoms with Crippen molar-refractivity contribution in [1.82, 2.24) is 4.90 Å². The number of hydrogen-bond donors (Lipinski definition) is 1. The highest BCUT2D eigenvalue weighted by atomic mass is 35.5. The number of carbonyl (C=O) groups excluding carboxylic acids is 1. The van der Waals surface area contributed by atoms with Crippen LogP contribution < -0.4 is 0 Å². The fraction of sp³-hybridized carbons (Fsp3) is 0.481. The van der Waals surface area contributed by atoms with Gasteiger partial charge in [0.25, 0.3) is 0 Å². The number of amides is 1. The number of benzene rings is 2. The van der Waals surface area contributed by atoms with Gasteiger partial charge >= 0.3 is 5.97 Å². The molecule has 1 amide bonds. The molecule has 0 aliphatic carbocycles. The highest BCUT2D eigenvalue weighted by Gasteiger charge is 2.53. The first-order valence-corrected chi connectivity index (χ1v) is 14.8. The molecule has 0 unspecified atom stereocenters. The third-order valence-corrected chi connectivity index (χ3v) is 10.2. The van der Waals surface area contributed by atoms with E-state index >= 15 is 0 Å². The van der Waals surface area contributed by atoms with Crippen molar-refractivity contribution >= 4 is 44.9 Å². The number of likely N-dealkylation sites (tertiary alicyclic amines) is 1. The van der Waals surface area contributed by atoms with Gasteiger partial charge in [-0.3, -0.25) is 9.59 Å². The predicted molar refractivity (Wildman–Crippen MR) is 143 cm³/mol. The first kappa shape index (κ1) is 27.9. The minimum absolute atomic E-state index is 0.148. The van der Waals surface area contributed by atoms with Crippen molar-refractivity contribution in [3.63, 3.8) is 0 Å². The van der Waals surface area contributed by atoms with Gasteiger partial charge in [-0.1, -0.05) is 61.3 Å². The van der Waals surface area contributed by atoms with E-state index in [4.69, 9.17) is 27.9 Å². The van der Waals surface area contributed by atoms with E-state index < -0.39 is 38.6 Å². The Kier molecular flexibility index (Phi) is 8.24. The summed E-state index contributed by atoms with van der Waals surface area (Å²) in [5.41, 5.74) is 0.410. The molecule has 4 atom stereocenters. The third-order valence-electron chi connectivity index (χ3n) is 7.54. The maximum atomic E-state index is 14.2. The summed E-state index contributed by atoms with van der Waals surface area (Å²) in [4.78, 5) is 27.7. The van der Waals surface area contributed by atoms with Crippen LogP contribution in [0.3, 0.4) is 0 Å². The summed E-state index contributed by atoms with van der Waals surface area (Å²) in [6, 6.07) is 13.3. The molecular formula is C27H31Cl2NO6S. The normalized spacial score (nSPS) is 25.5. The largest absolute Gasteiger partial charge is 0.481 e. The quantitative estimate of drug-likeness (QED) is 0.451. The maximum absolute atomic E-state index is 14.2. The number of halogens is 2. The molecule has 0 radical (unpaired) electrons. The Hall–Kier alpha value is -2.13. The van der Waals surface area contributed by atoms with Crippen LogP contribution in [0.4, 0.5) is 0 Å². The van der Waals surface area contributed by atoms with Crippen molar-refractivity contribution in [1.29, 1.82) is 0 Å². The van der Waals surface area contributed by atoms with Crippen LogP contribution in [0.25, 0.3) is 0 Å². The van der Waals surface area contributed by atoms with Crippen LogP contribution in [0.15, 0.2) is 48.5 Å². The van der Waals surface area contributed by atoms with Gasteiger partial charge in [-0.25, -0.2) is 8.42 Å². The van der Waals surface area contributed by atoms with E-state index in [-0.39, 0.29) is 43.6 Å². The van der Waals surface area contributed by atoms with E-state index in [9.17, 15) is 23.1 Å². The van der Waals surface area contributed by atoms with Crippen LogP contribution in [0.5, 0.6) is 0 Å². The van der Waals surface area contributed by atoms with Crippen LogP contribution in [0.2, 0.25) is 10.0 Å². The first-order valence-electron chi connectivity index (χ1n) is 12.3. The number of carbonyl (C=O) groups is 2. The second kappa shape index (κ2) is 10.9. The smallest absolute Gasteiger partial charge is 0.304 e. The van der Waals surface area contributed by atoms with E-state index in [1.165, 1.54) is 0 Å². The topological polar surface area (TPSA) is 101 Å². The molecular weight excluding hydrogens is 537 g/mol. The Morgan fingerprint density at radius 2 is 1.81 bits per heavy atom. The maximum Gasteiger partial charge on any atom is 0.304 e. The lowest BCUT2D eigenvalue weighted by molar-refractivity contribution is -0.160. The molecule has 0 spiro atoms. The molecule has 2 aromatic rings. The zero-order valence-corrected chi connectivity index (χ0v) is 23.1. The predicted octanol–water partition coefficient (Wildman–Crippen LogP) is 5.12. The zero-order chi connectivity index (χ0) is 27.0. The molecule has 4 rings (SSSR count). The number of nitrogens with zero attached hydrogens (tertiary/aromatic N) is 1. The van der Waals surface area contributed by atoms with Crippen molar-refractivity contribution in [2.45, 2.75) is 56.4 Å². The monoisotopic (exact) mass is 567 g/mol. The lowest BCUT2D eigenvalue weighted by Gasteiger charge is -2.52. The summed E-state index contributed by atoms with van der Waals surface area (Å²) in [6.45, 7) is 3.80. The first-order chi connectivity index (χ1) is 17.4. The van der Waals surface area contributed by atoms with Gasteiger partial charge in [0.05, 0.1) is 36.8 Å².